The van der Waals surface area contributed by atoms with Gasteiger partial charge in [0, 0.05) is 0 Å². The van der Waals surface area contributed by atoms with E-state index in [9.17, 15) is 0 Å². The molecule has 0 radical (unpaired) electrons. The molecule has 0 aromatic rings. The summed E-state index contributed by atoms with van der Waals surface area (Å²) in [7, 11) is 2.95. The van der Waals surface area contributed by atoms with Crippen LogP contribution < -0.4 is 0 Å². The molecule has 0 heterocycles. The van der Waals surface area contributed by atoms with Crippen LogP contribution in [0, 0.1) is 10.8 Å². The minimum absolute atomic E-state index is 0.199. The molecule has 0 N–H and O–H groups in total. The Bertz CT molecular complexity index is 505. The van der Waals surface area contributed by atoms with Crippen LogP contribution in [0.25, 0.3) is 0 Å². The molecule has 1 unspecified atom stereocenters. The third-order valence-corrected chi connectivity index (χ3v) is 6.33. The van der Waals surface area contributed by atoms with Gasteiger partial charge in [-0.2, -0.15) is 0 Å². The van der Waals surface area contributed by atoms with Gasteiger partial charge in [0.2, 0.25) is 0 Å². The lowest BCUT2D eigenvalue weighted by molar-refractivity contribution is 0.204. The highest BCUT2D eigenvalue weighted by atomic mass is 31.0. The molecule has 1 atom stereocenters. The minimum atomic E-state index is 0.199. The maximum absolute atomic E-state index is 2.95. The van der Waals surface area contributed by atoms with Crippen molar-refractivity contribution in [2.24, 2.45) is 10.8 Å². The average molecular weight is 424 g/mol. The van der Waals surface area contributed by atoms with Gasteiger partial charge in [-0.15, -0.1) is 9.24 Å². The molecule has 29 heavy (non-hydrogen) atoms. The van der Waals surface area contributed by atoms with Crippen molar-refractivity contribution in [1.29, 1.82) is 0 Å². The molecule has 0 aliphatic heterocycles. The van der Waals surface area contributed by atoms with Gasteiger partial charge in [-0.05, 0) is 88.0 Å². The van der Waals surface area contributed by atoms with Crippen molar-refractivity contribution in [2.75, 3.05) is 19.6 Å². The van der Waals surface area contributed by atoms with Gasteiger partial charge in [0.05, 0.1) is 0 Å². The van der Waals surface area contributed by atoms with E-state index in [1.54, 1.807) is 5.57 Å². The van der Waals surface area contributed by atoms with Crippen molar-refractivity contribution in [2.45, 2.75) is 119 Å². The minimum Gasteiger partial charge on any atom is -0.303 e. The molecule has 0 saturated carbocycles. The van der Waals surface area contributed by atoms with Gasteiger partial charge in [-0.25, -0.2) is 0 Å². The van der Waals surface area contributed by atoms with Crippen LogP contribution in [0.5, 0.6) is 0 Å². The molecule has 0 aliphatic carbocycles. The van der Waals surface area contributed by atoms with E-state index in [4.69, 9.17) is 0 Å². The summed E-state index contributed by atoms with van der Waals surface area (Å²) in [5.41, 5.74) is 3.77. The Hall–Kier alpha value is -0.130. The number of hydrogen-bond donors (Lipinski definition) is 0. The molecule has 0 aromatic heterocycles. The molecule has 172 valence electrons. The van der Waals surface area contributed by atoms with Crippen molar-refractivity contribution in [3.63, 3.8) is 0 Å². The molecule has 0 saturated heterocycles. The normalized spacial score (nSPS) is 14.8. The van der Waals surface area contributed by atoms with Crippen LogP contribution in [0.4, 0.5) is 0 Å². The number of hydrogen-bond acceptors (Lipinski definition) is 1. The third-order valence-electron chi connectivity index (χ3n) is 6.16. The Morgan fingerprint density at radius 3 is 1.97 bits per heavy atom. The molecular weight excluding hydrogens is 369 g/mol. The van der Waals surface area contributed by atoms with Crippen LogP contribution >= 0.6 is 9.24 Å². The quantitative estimate of drug-likeness (QED) is 0.188. The third kappa shape index (κ3) is 14.5. The van der Waals surface area contributed by atoms with Crippen molar-refractivity contribution in [3.8, 4) is 0 Å². The SMILES string of the molecule is CC/C=C(\C)C(C)(C)CCCN(CCCC)CCC(C)(C)C/C(C)=C/C(C)(C)P. The monoisotopic (exact) mass is 423 g/mol. The predicted octanol–water partition coefficient (Wildman–Crippen LogP) is 8.66. The zero-order valence-electron chi connectivity index (χ0n) is 21.8. The van der Waals surface area contributed by atoms with Crippen molar-refractivity contribution < 1.29 is 0 Å². The summed E-state index contributed by atoms with van der Waals surface area (Å²) >= 11 is 0. The zero-order chi connectivity index (χ0) is 22.7. The maximum atomic E-state index is 2.95. The Labute approximate surface area is 187 Å². The first-order valence-electron chi connectivity index (χ1n) is 12.1. The Kier molecular flexibility index (Phi) is 13.3. The van der Waals surface area contributed by atoms with Crippen LogP contribution in [-0.2, 0) is 0 Å². The van der Waals surface area contributed by atoms with E-state index in [0.29, 0.717) is 10.8 Å². The first kappa shape index (κ1) is 28.9. The lowest BCUT2D eigenvalue weighted by atomic mass is 9.80. The summed E-state index contributed by atoms with van der Waals surface area (Å²) in [6, 6.07) is 0. The zero-order valence-corrected chi connectivity index (χ0v) is 22.9. The van der Waals surface area contributed by atoms with E-state index < -0.39 is 0 Å². The van der Waals surface area contributed by atoms with Crippen LogP contribution in [-0.4, -0.2) is 29.7 Å². The summed E-state index contributed by atoms with van der Waals surface area (Å²) < 4.78 is 0. The lowest BCUT2D eigenvalue weighted by Gasteiger charge is -2.32. The Balaban J connectivity index is 4.75. The molecule has 2 heteroatoms. The van der Waals surface area contributed by atoms with Crippen LogP contribution in [0.2, 0.25) is 0 Å². The molecule has 0 amide bonds. The van der Waals surface area contributed by atoms with E-state index in [1.165, 1.54) is 63.7 Å². The largest absolute Gasteiger partial charge is 0.303 e. The predicted molar refractivity (Wildman–Crippen MR) is 139 cm³/mol. The van der Waals surface area contributed by atoms with Gasteiger partial charge in [0.1, 0.15) is 0 Å². The molecule has 0 spiro atoms. The second kappa shape index (κ2) is 13.3. The molecule has 0 aromatic carbocycles. The fraction of sp³-hybridized carbons (Fsp3) is 0.852. The summed E-state index contributed by atoms with van der Waals surface area (Å²) in [5, 5.41) is 0.199. The van der Waals surface area contributed by atoms with E-state index in [0.717, 1.165) is 6.42 Å². The smallest absolute Gasteiger partial charge is 0.00135 e. The summed E-state index contributed by atoms with van der Waals surface area (Å²) in [6.45, 7) is 27.1. The standard InChI is InChI=1S/C27H54NP/c1-11-13-18-28(19-14-16-26(7,8)24(4)15-12-2)20-17-25(5,6)21-23(3)22-27(9,10)29/h15,22H,11-14,16-21,29H2,1-10H3/b23-22+,24-15+. The van der Waals surface area contributed by atoms with Gasteiger partial charge >= 0.3 is 0 Å². The fourth-order valence-corrected chi connectivity index (χ4v) is 4.52. The van der Waals surface area contributed by atoms with Gasteiger partial charge in [0.25, 0.3) is 0 Å². The summed E-state index contributed by atoms with van der Waals surface area (Å²) in [5.74, 6) is 0. The Morgan fingerprint density at radius 1 is 0.862 bits per heavy atom. The second-order valence-electron chi connectivity index (χ2n) is 11.4. The number of rotatable bonds is 15. The molecule has 0 bridgehead atoms. The van der Waals surface area contributed by atoms with Gasteiger partial charge in [-0.3, -0.25) is 0 Å². The van der Waals surface area contributed by atoms with E-state index in [1.807, 2.05) is 0 Å². The summed E-state index contributed by atoms with van der Waals surface area (Å²) in [4.78, 5) is 2.73. The highest BCUT2D eigenvalue weighted by Crippen LogP contribution is 2.33. The highest BCUT2D eigenvalue weighted by Gasteiger charge is 2.22. The van der Waals surface area contributed by atoms with Crippen molar-refractivity contribution in [3.05, 3.63) is 23.3 Å². The van der Waals surface area contributed by atoms with E-state index >= 15 is 0 Å². The molecule has 0 fully saturated rings. The fourth-order valence-electron chi connectivity index (χ4n) is 4.23. The topological polar surface area (TPSA) is 3.24 Å². The van der Waals surface area contributed by atoms with Gasteiger partial charge < -0.3 is 4.90 Å². The number of nitrogens with zero attached hydrogens (tertiary/aromatic N) is 1. The average Bonchev–Trinajstić information content (AvgIpc) is 2.54. The maximum Gasteiger partial charge on any atom is -0.00135 e. The Morgan fingerprint density at radius 2 is 1.45 bits per heavy atom. The van der Waals surface area contributed by atoms with Crippen molar-refractivity contribution >= 4 is 9.24 Å². The molecule has 1 nitrogen and oxygen atoms in total. The highest BCUT2D eigenvalue weighted by molar-refractivity contribution is 7.19. The van der Waals surface area contributed by atoms with Crippen LogP contribution in [0.15, 0.2) is 23.3 Å². The van der Waals surface area contributed by atoms with Gasteiger partial charge in [-0.1, -0.05) is 85.1 Å². The second-order valence-corrected chi connectivity index (χ2v) is 12.9. The first-order valence-corrected chi connectivity index (χ1v) is 12.7. The molecule has 0 aliphatic rings. The first-order chi connectivity index (χ1) is 13.2. The number of unbranched alkanes of at least 4 members (excludes halogenated alkanes) is 1. The lowest BCUT2D eigenvalue weighted by Crippen LogP contribution is -2.31. The molecule has 0 rings (SSSR count). The molecular formula is C27H54NP. The van der Waals surface area contributed by atoms with Gasteiger partial charge in [0.15, 0.2) is 0 Å². The summed E-state index contributed by atoms with van der Waals surface area (Å²) in [6.07, 6.45) is 13.6. The van der Waals surface area contributed by atoms with E-state index in [2.05, 4.69) is 95.5 Å². The van der Waals surface area contributed by atoms with Crippen LogP contribution in [0.1, 0.15) is 114 Å². The van der Waals surface area contributed by atoms with Crippen LogP contribution in [0.3, 0.4) is 0 Å². The number of allylic oxidation sites excluding steroid dienone is 4. The van der Waals surface area contributed by atoms with Crippen molar-refractivity contribution in [1.82, 2.24) is 4.90 Å². The van der Waals surface area contributed by atoms with E-state index in [-0.39, 0.29) is 5.16 Å².